The molecule has 0 radical (unpaired) electrons. The SMILES string of the molecule is O=C(CCCSc1nc2ccccc2c(=O)n1Cc1ccccc1)c1ccc(F)cc1. The Labute approximate surface area is 183 Å². The quantitative estimate of drug-likeness (QED) is 0.163. The van der Waals surface area contributed by atoms with Crippen molar-refractivity contribution in [3.05, 3.63) is 106 Å². The molecular weight excluding hydrogens is 411 g/mol. The molecule has 0 aliphatic carbocycles. The highest BCUT2D eigenvalue weighted by Crippen LogP contribution is 2.21. The molecule has 156 valence electrons. The van der Waals surface area contributed by atoms with Gasteiger partial charge in [0, 0.05) is 17.7 Å². The van der Waals surface area contributed by atoms with Gasteiger partial charge in [0.1, 0.15) is 5.82 Å². The third-order valence-corrected chi connectivity index (χ3v) is 6.02. The van der Waals surface area contributed by atoms with Crippen LogP contribution in [0.2, 0.25) is 0 Å². The van der Waals surface area contributed by atoms with Crippen molar-refractivity contribution in [2.45, 2.75) is 24.5 Å². The van der Waals surface area contributed by atoms with Crippen LogP contribution in [0.25, 0.3) is 10.9 Å². The average Bonchev–Trinajstić information content (AvgIpc) is 2.80. The van der Waals surface area contributed by atoms with E-state index < -0.39 is 0 Å². The third-order valence-electron chi connectivity index (χ3n) is 4.96. The number of aromatic nitrogens is 2. The van der Waals surface area contributed by atoms with Crippen molar-refractivity contribution in [3.63, 3.8) is 0 Å². The third kappa shape index (κ3) is 5.09. The van der Waals surface area contributed by atoms with Crippen LogP contribution in [0.4, 0.5) is 4.39 Å². The van der Waals surface area contributed by atoms with Crippen molar-refractivity contribution >= 4 is 28.4 Å². The van der Waals surface area contributed by atoms with E-state index in [1.54, 1.807) is 10.6 Å². The Morgan fingerprint density at radius 1 is 0.935 bits per heavy atom. The second kappa shape index (κ2) is 9.71. The first-order valence-corrected chi connectivity index (χ1v) is 11.1. The number of para-hydroxylation sites is 1. The summed E-state index contributed by atoms with van der Waals surface area (Å²) in [5, 5.41) is 1.23. The molecule has 4 nitrogen and oxygen atoms in total. The monoisotopic (exact) mass is 432 g/mol. The Bertz CT molecular complexity index is 1250. The Morgan fingerprint density at radius 3 is 2.42 bits per heavy atom. The van der Waals surface area contributed by atoms with E-state index in [4.69, 9.17) is 4.98 Å². The predicted molar refractivity (Wildman–Crippen MR) is 122 cm³/mol. The number of carbonyl (C=O) groups is 1. The number of Topliss-reactive ketones (excluding diaryl/α,β-unsaturated/α-hetero) is 1. The summed E-state index contributed by atoms with van der Waals surface area (Å²) in [6, 6.07) is 22.7. The van der Waals surface area contributed by atoms with Gasteiger partial charge in [-0.3, -0.25) is 14.2 Å². The topological polar surface area (TPSA) is 52.0 Å². The number of hydrogen-bond donors (Lipinski definition) is 0. The van der Waals surface area contributed by atoms with Crippen LogP contribution in [0.3, 0.4) is 0 Å². The zero-order chi connectivity index (χ0) is 21.6. The molecule has 1 aromatic heterocycles. The van der Waals surface area contributed by atoms with Crippen LogP contribution in [0, 0.1) is 5.82 Å². The second-order valence-corrected chi connectivity index (χ2v) is 8.23. The molecular formula is C25H21FN2O2S. The number of halogens is 1. The van der Waals surface area contributed by atoms with Crippen LogP contribution in [0.1, 0.15) is 28.8 Å². The maximum atomic E-state index is 13.1. The molecule has 4 rings (SSSR count). The second-order valence-electron chi connectivity index (χ2n) is 7.17. The number of nitrogens with zero attached hydrogens (tertiary/aromatic N) is 2. The number of ketones is 1. The maximum absolute atomic E-state index is 13.1. The predicted octanol–water partition coefficient (Wildman–Crippen LogP) is 5.34. The molecule has 3 aromatic carbocycles. The Hall–Kier alpha value is -3.25. The molecule has 0 saturated heterocycles. The Kier molecular flexibility index (Phi) is 6.57. The molecule has 31 heavy (non-hydrogen) atoms. The smallest absolute Gasteiger partial charge is 0.262 e. The number of benzene rings is 3. The summed E-state index contributed by atoms with van der Waals surface area (Å²) in [6.45, 7) is 0.439. The normalized spacial score (nSPS) is 11.0. The van der Waals surface area contributed by atoms with Crippen molar-refractivity contribution < 1.29 is 9.18 Å². The van der Waals surface area contributed by atoms with Gasteiger partial charge in [0.15, 0.2) is 10.9 Å². The molecule has 0 amide bonds. The number of carbonyl (C=O) groups excluding carboxylic acids is 1. The van der Waals surface area contributed by atoms with E-state index in [1.807, 2.05) is 48.5 Å². The summed E-state index contributed by atoms with van der Waals surface area (Å²) in [7, 11) is 0. The summed E-state index contributed by atoms with van der Waals surface area (Å²) in [5.74, 6) is 0.270. The molecule has 0 atom stereocenters. The van der Waals surface area contributed by atoms with Crippen molar-refractivity contribution in [1.29, 1.82) is 0 Å². The Balaban J connectivity index is 1.50. The number of fused-ring (bicyclic) bond motifs is 1. The zero-order valence-electron chi connectivity index (χ0n) is 16.8. The highest BCUT2D eigenvalue weighted by molar-refractivity contribution is 7.99. The van der Waals surface area contributed by atoms with E-state index >= 15 is 0 Å². The fourth-order valence-electron chi connectivity index (χ4n) is 3.34. The maximum Gasteiger partial charge on any atom is 0.262 e. The van der Waals surface area contributed by atoms with Gasteiger partial charge < -0.3 is 0 Å². The first-order chi connectivity index (χ1) is 15.1. The fraction of sp³-hybridized carbons (Fsp3) is 0.160. The number of rotatable bonds is 8. The Morgan fingerprint density at radius 2 is 1.65 bits per heavy atom. The molecule has 0 saturated carbocycles. The van der Waals surface area contributed by atoms with Gasteiger partial charge >= 0.3 is 0 Å². The minimum absolute atomic E-state index is 0.0197. The van der Waals surface area contributed by atoms with Gasteiger partial charge in [-0.25, -0.2) is 9.37 Å². The van der Waals surface area contributed by atoms with E-state index in [9.17, 15) is 14.0 Å². The largest absolute Gasteiger partial charge is 0.294 e. The highest BCUT2D eigenvalue weighted by Gasteiger charge is 2.13. The molecule has 0 bridgehead atoms. The van der Waals surface area contributed by atoms with Gasteiger partial charge in [-0.05, 0) is 48.4 Å². The fourth-order valence-corrected chi connectivity index (χ4v) is 4.28. The lowest BCUT2D eigenvalue weighted by Crippen LogP contribution is -2.24. The van der Waals surface area contributed by atoms with Crippen LogP contribution < -0.4 is 5.56 Å². The molecule has 0 aliphatic rings. The van der Waals surface area contributed by atoms with Crippen LogP contribution in [0.15, 0.2) is 88.8 Å². The van der Waals surface area contributed by atoms with Crippen molar-refractivity contribution in [3.8, 4) is 0 Å². The molecule has 0 aliphatic heterocycles. The molecule has 0 spiro atoms. The minimum Gasteiger partial charge on any atom is -0.294 e. The van der Waals surface area contributed by atoms with Gasteiger partial charge in [0.25, 0.3) is 5.56 Å². The molecule has 0 unspecified atom stereocenters. The lowest BCUT2D eigenvalue weighted by Gasteiger charge is -2.13. The molecule has 4 aromatic rings. The summed E-state index contributed by atoms with van der Waals surface area (Å²) >= 11 is 1.47. The van der Waals surface area contributed by atoms with Crippen molar-refractivity contribution in [2.24, 2.45) is 0 Å². The number of hydrogen-bond acceptors (Lipinski definition) is 4. The summed E-state index contributed by atoms with van der Waals surface area (Å²) in [4.78, 5) is 30.1. The number of thioether (sulfide) groups is 1. The van der Waals surface area contributed by atoms with E-state index in [0.717, 1.165) is 5.56 Å². The molecule has 1 heterocycles. The molecule has 0 fully saturated rings. The van der Waals surface area contributed by atoms with E-state index in [2.05, 4.69) is 0 Å². The van der Waals surface area contributed by atoms with Crippen molar-refractivity contribution in [1.82, 2.24) is 9.55 Å². The molecule has 6 heteroatoms. The van der Waals surface area contributed by atoms with Crippen LogP contribution >= 0.6 is 11.8 Å². The van der Waals surface area contributed by atoms with Gasteiger partial charge in [-0.2, -0.15) is 0 Å². The van der Waals surface area contributed by atoms with E-state index in [0.29, 0.717) is 46.8 Å². The van der Waals surface area contributed by atoms with Gasteiger partial charge in [0.05, 0.1) is 17.4 Å². The first kappa shape index (κ1) is 21.0. The summed E-state index contributed by atoms with van der Waals surface area (Å²) in [6.07, 6.45) is 0.990. The van der Waals surface area contributed by atoms with Gasteiger partial charge in [-0.15, -0.1) is 0 Å². The van der Waals surface area contributed by atoms with E-state index in [1.165, 1.54) is 36.0 Å². The van der Waals surface area contributed by atoms with Crippen LogP contribution in [0.5, 0.6) is 0 Å². The van der Waals surface area contributed by atoms with E-state index in [-0.39, 0.29) is 17.2 Å². The van der Waals surface area contributed by atoms with Gasteiger partial charge in [-0.1, -0.05) is 54.2 Å². The molecule has 0 N–H and O–H groups in total. The average molecular weight is 433 g/mol. The minimum atomic E-state index is -0.356. The summed E-state index contributed by atoms with van der Waals surface area (Å²) < 4.78 is 14.7. The summed E-state index contributed by atoms with van der Waals surface area (Å²) in [5.41, 5.74) is 2.13. The highest BCUT2D eigenvalue weighted by atomic mass is 32.2. The lowest BCUT2D eigenvalue weighted by atomic mass is 10.1. The van der Waals surface area contributed by atoms with Gasteiger partial charge in [0.2, 0.25) is 0 Å². The zero-order valence-corrected chi connectivity index (χ0v) is 17.6. The van der Waals surface area contributed by atoms with Crippen LogP contribution in [-0.2, 0) is 6.54 Å². The first-order valence-electron chi connectivity index (χ1n) is 10.1. The van der Waals surface area contributed by atoms with Crippen molar-refractivity contribution in [2.75, 3.05) is 5.75 Å². The lowest BCUT2D eigenvalue weighted by molar-refractivity contribution is 0.0982. The van der Waals surface area contributed by atoms with Crippen LogP contribution in [-0.4, -0.2) is 21.1 Å². The standard InChI is InChI=1S/C25H21FN2O2S/c26-20-14-12-19(13-15-20)23(29)11-6-16-31-25-27-22-10-5-4-9-21(22)24(30)28(25)17-18-7-2-1-3-8-18/h1-5,7-10,12-15H,6,11,16-17H2.